The summed E-state index contributed by atoms with van der Waals surface area (Å²) in [6.07, 6.45) is 8.66. The van der Waals surface area contributed by atoms with Crippen LogP contribution in [0.1, 0.15) is 61.3 Å². The van der Waals surface area contributed by atoms with Crippen molar-refractivity contribution in [3.8, 4) is 0 Å². The number of nitrogens with zero attached hydrogens (tertiary/aromatic N) is 3. The van der Waals surface area contributed by atoms with Crippen LogP contribution in [0.25, 0.3) is 11.2 Å². The van der Waals surface area contributed by atoms with E-state index in [1.54, 1.807) is 15.2 Å². The number of rotatable bonds is 4. The molecule has 1 saturated heterocycles. The largest absolute Gasteiger partial charge is 0.478 e. The van der Waals surface area contributed by atoms with Crippen molar-refractivity contribution < 1.29 is 14.6 Å². The monoisotopic (exact) mass is 345 g/mol. The highest BCUT2D eigenvalue weighted by atomic mass is 16.5. The molecule has 1 N–H and O–H groups in total. The van der Waals surface area contributed by atoms with Gasteiger partial charge in [-0.3, -0.25) is 9.13 Å². The zero-order chi connectivity index (χ0) is 17.4. The Hall–Kier alpha value is -2.15. The van der Waals surface area contributed by atoms with E-state index in [0.29, 0.717) is 17.7 Å². The van der Waals surface area contributed by atoms with Gasteiger partial charge in [-0.25, -0.2) is 14.6 Å². The van der Waals surface area contributed by atoms with Crippen LogP contribution in [0.15, 0.2) is 17.1 Å². The first-order chi connectivity index (χ1) is 12.1. The van der Waals surface area contributed by atoms with E-state index in [9.17, 15) is 14.7 Å². The van der Waals surface area contributed by atoms with Crippen LogP contribution in [0, 0.1) is 0 Å². The Bertz CT molecular complexity index is 842. The number of carboxylic acid groups (broad SMARTS) is 1. The lowest BCUT2D eigenvalue weighted by Gasteiger charge is -2.22. The summed E-state index contributed by atoms with van der Waals surface area (Å²) in [6, 6.07) is 1.72. The molecule has 2 aromatic rings. The summed E-state index contributed by atoms with van der Waals surface area (Å²) in [5, 5.41) is 9.29. The normalized spacial score (nSPS) is 21.8. The van der Waals surface area contributed by atoms with Crippen molar-refractivity contribution in [3.63, 3.8) is 0 Å². The third-order valence-corrected chi connectivity index (χ3v) is 5.40. The number of pyridine rings is 1. The van der Waals surface area contributed by atoms with Gasteiger partial charge in [-0.2, -0.15) is 0 Å². The molecule has 4 rings (SSSR count). The highest BCUT2D eigenvalue weighted by molar-refractivity contribution is 5.91. The quantitative estimate of drug-likeness (QED) is 0.920. The minimum absolute atomic E-state index is 0.0107. The van der Waals surface area contributed by atoms with E-state index in [0.717, 1.165) is 45.1 Å². The maximum Gasteiger partial charge on any atom is 0.337 e. The molecule has 2 fully saturated rings. The Morgan fingerprint density at radius 2 is 2.04 bits per heavy atom. The van der Waals surface area contributed by atoms with Gasteiger partial charge < -0.3 is 9.84 Å². The molecule has 0 aromatic carbocycles. The molecular weight excluding hydrogens is 322 g/mol. The number of carbonyl (C=O) groups is 1. The number of imidazole rings is 1. The molecule has 0 bridgehead atoms. The lowest BCUT2D eigenvalue weighted by Crippen LogP contribution is -2.31. The number of aromatic nitrogens is 3. The van der Waals surface area contributed by atoms with E-state index in [1.807, 2.05) is 0 Å². The highest BCUT2D eigenvalue weighted by Gasteiger charge is 2.26. The van der Waals surface area contributed by atoms with Gasteiger partial charge in [0.1, 0.15) is 0 Å². The topological polar surface area (TPSA) is 86.3 Å². The first-order valence-corrected chi connectivity index (χ1v) is 9.11. The van der Waals surface area contributed by atoms with Crippen molar-refractivity contribution in [3.05, 3.63) is 28.3 Å². The van der Waals surface area contributed by atoms with Crippen LogP contribution in [-0.2, 0) is 11.3 Å². The third kappa shape index (κ3) is 2.97. The molecule has 1 saturated carbocycles. The lowest BCUT2D eigenvalue weighted by atomic mass is 9.95. The van der Waals surface area contributed by atoms with Crippen LogP contribution in [0.3, 0.4) is 0 Å². The van der Waals surface area contributed by atoms with Gasteiger partial charge in [0.05, 0.1) is 23.7 Å². The fourth-order valence-electron chi connectivity index (χ4n) is 4.11. The van der Waals surface area contributed by atoms with Crippen LogP contribution in [-0.4, -0.2) is 37.9 Å². The summed E-state index contributed by atoms with van der Waals surface area (Å²) in [7, 11) is 0. The molecule has 134 valence electrons. The van der Waals surface area contributed by atoms with E-state index < -0.39 is 5.97 Å². The zero-order valence-corrected chi connectivity index (χ0v) is 14.2. The van der Waals surface area contributed by atoms with Crippen LogP contribution < -0.4 is 5.69 Å². The van der Waals surface area contributed by atoms with Gasteiger partial charge >= 0.3 is 11.7 Å². The highest BCUT2D eigenvalue weighted by Crippen LogP contribution is 2.30. The minimum atomic E-state index is -1.03. The van der Waals surface area contributed by atoms with E-state index >= 15 is 0 Å². The van der Waals surface area contributed by atoms with Gasteiger partial charge in [-0.1, -0.05) is 19.3 Å². The number of carboxylic acids is 1. The average molecular weight is 345 g/mol. The number of hydrogen-bond donors (Lipinski definition) is 1. The van der Waals surface area contributed by atoms with Gasteiger partial charge in [0, 0.05) is 18.8 Å². The van der Waals surface area contributed by atoms with Crippen molar-refractivity contribution in [2.45, 2.75) is 63.6 Å². The van der Waals surface area contributed by atoms with Gasteiger partial charge in [0.25, 0.3) is 0 Å². The molecule has 3 heterocycles. The maximum atomic E-state index is 13.1. The van der Waals surface area contributed by atoms with Crippen molar-refractivity contribution in [2.75, 3.05) is 6.61 Å². The SMILES string of the molecule is O=C(O)c1cnc2c(c1)n(C[C@H]1CCCO1)c(=O)n2C1CCCCC1. The number of hydrogen-bond acceptors (Lipinski definition) is 4. The second-order valence-electron chi connectivity index (χ2n) is 7.06. The molecular formula is C18H23N3O4. The lowest BCUT2D eigenvalue weighted by molar-refractivity contribution is 0.0696. The van der Waals surface area contributed by atoms with Gasteiger partial charge in [-0.05, 0) is 31.7 Å². The molecule has 2 aliphatic rings. The van der Waals surface area contributed by atoms with E-state index in [1.165, 1.54) is 12.6 Å². The summed E-state index contributed by atoms with van der Waals surface area (Å²) in [4.78, 5) is 28.8. The number of aromatic carboxylic acids is 1. The first-order valence-electron chi connectivity index (χ1n) is 9.11. The summed E-state index contributed by atoms with van der Waals surface area (Å²) in [5.41, 5.74) is 1.22. The van der Waals surface area contributed by atoms with Crippen LogP contribution >= 0.6 is 0 Å². The van der Waals surface area contributed by atoms with Crippen LogP contribution in [0.2, 0.25) is 0 Å². The Morgan fingerprint density at radius 1 is 1.24 bits per heavy atom. The smallest absolute Gasteiger partial charge is 0.337 e. The maximum absolute atomic E-state index is 13.1. The summed E-state index contributed by atoms with van der Waals surface area (Å²) < 4.78 is 9.14. The van der Waals surface area contributed by atoms with Crippen molar-refractivity contribution >= 4 is 17.1 Å². The second kappa shape index (κ2) is 6.63. The van der Waals surface area contributed by atoms with Gasteiger partial charge in [0.15, 0.2) is 5.65 Å². The van der Waals surface area contributed by atoms with Crippen molar-refractivity contribution in [2.24, 2.45) is 0 Å². The molecule has 7 nitrogen and oxygen atoms in total. The molecule has 1 aliphatic carbocycles. The molecule has 0 radical (unpaired) electrons. The fraction of sp³-hybridized carbons (Fsp3) is 0.611. The van der Waals surface area contributed by atoms with Crippen LogP contribution in [0.4, 0.5) is 0 Å². The Kier molecular flexibility index (Phi) is 4.33. The molecule has 1 atom stereocenters. The second-order valence-corrected chi connectivity index (χ2v) is 7.06. The van der Waals surface area contributed by atoms with Crippen molar-refractivity contribution in [1.29, 1.82) is 0 Å². The average Bonchev–Trinajstić information content (AvgIpc) is 3.22. The Morgan fingerprint density at radius 3 is 2.72 bits per heavy atom. The Labute approximate surface area is 145 Å². The minimum Gasteiger partial charge on any atom is -0.478 e. The summed E-state index contributed by atoms with van der Waals surface area (Å²) >= 11 is 0. The predicted molar refractivity (Wildman–Crippen MR) is 92.0 cm³/mol. The number of fused-ring (bicyclic) bond motifs is 1. The molecule has 7 heteroatoms. The molecule has 0 spiro atoms. The van der Waals surface area contributed by atoms with E-state index in [2.05, 4.69) is 4.98 Å². The summed E-state index contributed by atoms with van der Waals surface area (Å²) in [5.74, 6) is -1.03. The number of ether oxygens (including phenoxy) is 1. The van der Waals surface area contributed by atoms with E-state index in [4.69, 9.17) is 4.74 Å². The van der Waals surface area contributed by atoms with Gasteiger partial charge in [-0.15, -0.1) is 0 Å². The molecule has 25 heavy (non-hydrogen) atoms. The molecule has 2 aromatic heterocycles. The predicted octanol–water partition coefficient (Wildman–Crippen LogP) is 2.58. The molecule has 0 unspecified atom stereocenters. The van der Waals surface area contributed by atoms with Crippen LogP contribution in [0.5, 0.6) is 0 Å². The standard InChI is InChI=1S/C18H23N3O4/c22-17(23)12-9-15-16(19-10-12)21(13-5-2-1-3-6-13)18(24)20(15)11-14-7-4-8-25-14/h9-10,13-14H,1-8,11H2,(H,22,23)/t14-/m1/s1. The molecule has 0 amide bonds. The Balaban J connectivity index is 1.84. The zero-order valence-electron chi connectivity index (χ0n) is 14.2. The third-order valence-electron chi connectivity index (χ3n) is 5.40. The summed E-state index contributed by atoms with van der Waals surface area (Å²) in [6.45, 7) is 1.18. The van der Waals surface area contributed by atoms with Crippen molar-refractivity contribution in [1.82, 2.24) is 14.1 Å². The van der Waals surface area contributed by atoms with Gasteiger partial charge in [0.2, 0.25) is 0 Å². The van der Waals surface area contributed by atoms with E-state index in [-0.39, 0.29) is 23.4 Å². The fourth-order valence-corrected chi connectivity index (χ4v) is 4.11. The molecule has 1 aliphatic heterocycles. The first kappa shape index (κ1) is 16.3.